The van der Waals surface area contributed by atoms with Crippen LogP contribution in [0.1, 0.15) is 24.8 Å². The van der Waals surface area contributed by atoms with Gasteiger partial charge in [0.25, 0.3) is 0 Å². The molecule has 0 atom stereocenters. The smallest absolute Gasteiger partial charge is 0.231 e. The number of rotatable bonds is 7. The van der Waals surface area contributed by atoms with Crippen LogP contribution in [0.3, 0.4) is 0 Å². The number of aryl methyl sites for hydroxylation is 1. The highest BCUT2D eigenvalue weighted by molar-refractivity contribution is 7.99. The molecule has 1 fully saturated rings. The highest BCUT2D eigenvalue weighted by Gasteiger charge is 2.29. The van der Waals surface area contributed by atoms with E-state index in [2.05, 4.69) is 26.2 Å². The number of hydrogen-bond acceptors (Lipinski definition) is 8. The van der Waals surface area contributed by atoms with Crippen molar-refractivity contribution in [2.24, 2.45) is 5.92 Å². The van der Waals surface area contributed by atoms with Crippen molar-refractivity contribution in [2.75, 3.05) is 19.1 Å². The Balaban J connectivity index is 1.35. The van der Waals surface area contributed by atoms with Gasteiger partial charge in [0.05, 0.1) is 6.33 Å². The number of imidazole rings is 1. The van der Waals surface area contributed by atoms with E-state index in [1.54, 1.807) is 12.4 Å². The summed E-state index contributed by atoms with van der Waals surface area (Å²) in [4.78, 5) is 25.9. The van der Waals surface area contributed by atoms with Crippen molar-refractivity contribution >= 4 is 34.7 Å². The third kappa shape index (κ3) is 3.96. The van der Waals surface area contributed by atoms with Crippen molar-refractivity contribution in [3.63, 3.8) is 0 Å². The van der Waals surface area contributed by atoms with Crippen LogP contribution in [0.25, 0.3) is 11.2 Å². The van der Waals surface area contributed by atoms with E-state index in [1.165, 1.54) is 11.8 Å². The van der Waals surface area contributed by atoms with Gasteiger partial charge in [0.15, 0.2) is 28.1 Å². The third-order valence-corrected chi connectivity index (χ3v) is 6.05. The van der Waals surface area contributed by atoms with Gasteiger partial charge in [0.2, 0.25) is 12.7 Å². The molecule has 0 unspecified atom stereocenters. The summed E-state index contributed by atoms with van der Waals surface area (Å²) in [5, 5.41) is 3.43. The SMILES string of the molecule is C#Cc1cc2c(cc1Sc1nc(N)c3ncn(CCCNC(=O)C4CC4)c3n1)OCO2. The number of fused-ring (bicyclic) bond motifs is 2. The Morgan fingerprint density at radius 1 is 1.32 bits per heavy atom. The summed E-state index contributed by atoms with van der Waals surface area (Å²) in [5.41, 5.74) is 8.00. The number of nitrogen functional groups attached to an aromatic ring is 1. The van der Waals surface area contributed by atoms with Crippen LogP contribution in [0.2, 0.25) is 0 Å². The number of aromatic nitrogens is 4. The lowest BCUT2D eigenvalue weighted by Crippen LogP contribution is -2.26. The molecule has 9 nitrogen and oxygen atoms in total. The molecule has 0 bridgehead atoms. The first-order chi connectivity index (χ1) is 15.1. The Bertz CT molecular complexity index is 1210. The number of nitrogens with zero attached hydrogens (tertiary/aromatic N) is 4. The standard InChI is InChI=1S/C21H20N6O3S/c1-2-12-8-14-15(30-11-29-14)9-16(12)31-21-25-18(22)17-19(26-21)27(10-24-17)7-3-6-23-20(28)13-4-5-13/h1,8-10,13H,3-7,11H2,(H,23,28)(H2,22,25,26). The zero-order valence-corrected chi connectivity index (χ0v) is 17.4. The van der Waals surface area contributed by atoms with Crippen LogP contribution >= 0.6 is 11.8 Å². The first kappa shape index (κ1) is 19.5. The summed E-state index contributed by atoms with van der Waals surface area (Å²) >= 11 is 1.31. The lowest BCUT2D eigenvalue weighted by Gasteiger charge is -2.08. The molecule has 3 aromatic rings. The Morgan fingerprint density at radius 3 is 2.90 bits per heavy atom. The largest absolute Gasteiger partial charge is 0.454 e. The Morgan fingerprint density at radius 2 is 2.13 bits per heavy atom. The second kappa shape index (κ2) is 8.00. The Kier molecular flexibility index (Phi) is 5.03. The predicted octanol–water partition coefficient (Wildman–Crippen LogP) is 2.19. The Hall–Kier alpha value is -3.45. The predicted molar refractivity (Wildman–Crippen MR) is 115 cm³/mol. The minimum absolute atomic E-state index is 0.147. The van der Waals surface area contributed by atoms with Crippen molar-refractivity contribution in [1.82, 2.24) is 24.8 Å². The summed E-state index contributed by atoms with van der Waals surface area (Å²) in [6.45, 7) is 1.44. The molecule has 0 saturated heterocycles. The number of terminal acetylenes is 1. The zero-order valence-electron chi connectivity index (χ0n) is 16.6. The average Bonchev–Trinajstić information content (AvgIpc) is 3.39. The fourth-order valence-corrected chi connectivity index (χ4v) is 4.19. The molecule has 0 spiro atoms. The molecule has 31 heavy (non-hydrogen) atoms. The van der Waals surface area contributed by atoms with E-state index in [0.29, 0.717) is 52.3 Å². The van der Waals surface area contributed by atoms with Gasteiger partial charge in [0.1, 0.15) is 5.52 Å². The second-order valence-electron chi connectivity index (χ2n) is 7.37. The molecule has 3 heterocycles. The maximum absolute atomic E-state index is 11.8. The fourth-order valence-electron chi connectivity index (χ4n) is 3.32. The van der Waals surface area contributed by atoms with Gasteiger partial charge in [0, 0.05) is 35.5 Å². The first-order valence-corrected chi connectivity index (χ1v) is 10.8. The lowest BCUT2D eigenvalue weighted by molar-refractivity contribution is -0.122. The summed E-state index contributed by atoms with van der Waals surface area (Å²) in [7, 11) is 0. The van der Waals surface area contributed by atoms with E-state index in [4.69, 9.17) is 21.6 Å². The Labute approximate surface area is 182 Å². The van der Waals surface area contributed by atoms with Crippen LogP contribution in [-0.2, 0) is 11.3 Å². The number of amides is 1. The highest BCUT2D eigenvalue weighted by Crippen LogP contribution is 2.40. The van der Waals surface area contributed by atoms with Gasteiger partial charge >= 0.3 is 0 Å². The number of ether oxygens (including phenoxy) is 2. The van der Waals surface area contributed by atoms with Crippen molar-refractivity contribution in [3.8, 4) is 23.8 Å². The third-order valence-electron chi connectivity index (χ3n) is 5.13. The van der Waals surface area contributed by atoms with Crippen LogP contribution in [0.4, 0.5) is 5.82 Å². The van der Waals surface area contributed by atoms with Crippen molar-refractivity contribution in [3.05, 3.63) is 24.0 Å². The van der Waals surface area contributed by atoms with Crippen LogP contribution < -0.4 is 20.5 Å². The average molecular weight is 436 g/mol. The summed E-state index contributed by atoms with van der Waals surface area (Å²) in [5.74, 6) is 4.58. The van der Waals surface area contributed by atoms with Crippen LogP contribution in [0, 0.1) is 18.3 Å². The van der Waals surface area contributed by atoms with E-state index < -0.39 is 0 Å². The molecule has 10 heteroatoms. The topological polar surface area (TPSA) is 117 Å². The van der Waals surface area contributed by atoms with Gasteiger partial charge in [-0.3, -0.25) is 4.79 Å². The van der Waals surface area contributed by atoms with E-state index in [9.17, 15) is 4.79 Å². The summed E-state index contributed by atoms with van der Waals surface area (Å²) in [6, 6.07) is 3.60. The molecule has 1 aromatic carbocycles. The molecule has 3 N–H and O–H groups in total. The number of benzene rings is 1. The monoisotopic (exact) mass is 436 g/mol. The molecule has 2 aromatic heterocycles. The number of carbonyl (C=O) groups excluding carboxylic acids is 1. The number of nitrogens with two attached hydrogens (primary N) is 1. The zero-order chi connectivity index (χ0) is 21.4. The van der Waals surface area contributed by atoms with Crippen molar-refractivity contribution in [2.45, 2.75) is 35.9 Å². The van der Waals surface area contributed by atoms with Crippen molar-refractivity contribution in [1.29, 1.82) is 0 Å². The molecular weight excluding hydrogens is 416 g/mol. The van der Waals surface area contributed by atoms with Gasteiger partial charge in [-0.2, -0.15) is 0 Å². The number of nitrogens with one attached hydrogen (secondary N) is 1. The lowest BCUT2D eigenvalue weighted by atomic mass is 10.2. The summed E-state index contributed by atoms with van der Waals surface area (Å²) in [6.07, 6.45) is 10.1. The van der Waals surface area contributed by atoms with Gasteiger partial charge in [-0.25, -0.2) is 15.0 Å². The maximum atomic E-state index is 11.8. The van der Waals surface area contributed by atoms with E-state index >= 15 is 0 Å². The molecule has 0 radical (unpaired) electrons. The highest BCUT2D eigenvalue weighted by atomic mass is 32.2. The van der Waals surface area contributed by atoms with Crippen LogP contribution in [0.15, 0.2) is 28.5 Å². The van der Waals surface area contributed by atoms with Gasteiger partial charge < -0.3 is 25.1 Å². The molecule has 1 aliphatic carbocycles. The van der Waals surface area contributed by atoms with Gasteiger partial charge in [-0.15, -0.1) is 6.42 Å². The number of carbonyl (C=O) groups is 1. The number of anilines is 1. The van der Waals surface area contributed by atoms with E-state index in [-0.39, 0.29) is 18.6 Å². The van der Waals surface area contributed by atoms with Crippen LogP contribution in [-0.4, -0.2) is 38.8 Å². The van der Waals surface area contributed by atoms with Gasteiger partial charge in [-0.05, 0) is 37.1 Å². The molecule has 2 aliphatic rings. The van der Waals surface area contributed by atoms with Crippen molar-refractivity contribution < 1.29 is 14.3 Å². The molecule has 1 saturated carbocycles. The number of hydrogen-bond donors (Lipinski definition) is 2. The van der Waals surface area contributed by atoms with Gasteiger partial charge in [-0.1, -0.05) is 5.92 Å². The quantitative estimate of drug-likeness (QED) is 0.329. The molecular formula is C21H20N6O3S. The van der Waals surface area contributed by atoms with E-state index in [1.807, 2.05) is 10.6 Å². The molecule has 158 valence electrons. The fraction of sp³-hybridized carbons (Fsp3) is 0.333. The molecule has 1 aliphatic heterocycles. The van der Waals surface area contributed by atoms with E-state index in [0.717, 1.165) is 24.2 Å². The first-order valence-electron chi connectivity index (χ1n) is 9.96. The minimum Gasteiger partial charge on any atom is -0.454 e. The minimum atomic E-state index is 0.147. The normalized spacial score (nSPS) is 14.5. The summed E-state index contributed by atoms with van der Waals surface area (Å²) < 4.78 is 12.8. The molecule has 5 rings (SSSR count). The maximum Gasteiger partial charge on any atom is 0.231 e. The van der Waals surface area contributed by atoms with Crippen LogP contribution in [0.5, 0.6) is 11.5 Å². The molecule has 1 amide bonds. The second-order valence-corrected chi connectivity index (χ2v) is 8.38.